The summed E-state index contributed by atoms with van der Waals surface area (Å²) in [6.07, 6.45) is 0. The second kappa shape index (κ2) is 5.70. The van der Waals surface area contributed by atoms with Crippen LogP contribution < -0.4 is 11.3 Å². The zero-order valence-electron chi connectivity index (χ0n) is 10.4. The van der Waals surface area contributed by atoms with Crippen molar-refractivity contribution in [3.63, 3.8) is 0 Å². The summed E-state index contributed by atoms with van der Waals surface area (Å²) in [5, 5.41) is 3.87. The van der Waals surface area contributed by atoms with E-state index in [1.165, 1.54) is 16.4 Å². The van der Waals surface area contributed by atoms with E-state index in [2.05, 4.69) is 5.43 Å². The van der Waals surface area contributed by atoms with Crippen LogP contribution in [0.4, 0.5) is 5.69 Å². The minimum absolute atomic E-state index is 0.254. The lowest BCUT2D eigenvalue weighted by molar-refractivity contribution is 0.467. The van der Waals surface area contributed by atoms with E-state index in [4.69, 9.17) is 5.84 Å². The summed E-state index contributed by atoms with van der Waals surface area (Å²) in [7, 11) is -1.90. The SMILES string of the molecule is CN(Cc1ccsc1)S(=O)(=O)c1ccc(NN)cc1. The molecule has 0 unspecified atom stereocenters. The standard InChI is InChI=1S/C12H15N3O2S2/c1-15(8-10-6-7-18-9-10)19(16,17)12-4-2-11(14-13)3-5-12/h2-7,9,14H,8,13H2,1H3. The Morgan fingerprint density at radius 1 is 1.26 bits per heavy atom. The molecule has 0 bridgehead atoms. The molecule has 102 valence electrons. The summed E-state index contributed by atoms with van der Waals surface area (Å²) in [5.41, 5.74) is 4.11. The van der Waals surface area contributed by atoms with Gasteiger partial charge in [-0.15, -0.1) is 0 Å². The van der Waals surface area contributed by atoms with E-state index >= 15 is 0 Å². The van der Waals surface area contributed by atoms with Gasteiger partial charge in [0.05, 0.1) is 4.90 Å². The quantitative estimate of drug-likeness (QED) is 0.652. The molecule has 0 atom stereocenters. The molecule has 1 heterocycles. The predicted molar refractivity (Wildman–Crippen MR) is 77.2 cm³/mol. The third-order valence-electron chi connectivity index (χ3n) is 2.71. The van der Waals surface area contributed by atoms with Gasteiger partial charge in [0.2, 0.25) is 10.0 Å². The highest BCUT2D eigenvalue weighted by Crippen LogP contribution is 2.19. The van der Waals surface area contributed by atoms with Crippen LogP contribution in [0.1, 0.15) is 5.56 Å². The second-order valence-corrected chi connectivity index (χ2v) is 6.89. The number of nitrogens with zero attached hydrogens (tertiary/aromatic N) is 1. The average Bonchev–Trinajstić information content (AvgIpc) is 2.91. The number of nitrogens with two attached hydrogens (primary N) is 1. The lowest BCUT2D eigenvalue weighted by Gasteiger charge is -2.16. The van der Waals surface area contributed by atoms with E-state index in [1.807, 2.05) is 16.8 Å². The Morgan fingerprint density at radius 3 is 2.47 bits per heavy atom. The zero-order valence-corrected chi connectivity index (χ0v) is 12.0. The van der Waals surface area contributed by atoms with Crippen molar-refractivity contribution in [2.75, 3.05) is 12.5 Å². The molecule has 0 aliphatic carbocycles. The van der Waals surface area contributed by atoms with Crippen LogP contribution in [0.25, 0.3) is 0 Å². The van der Waals surface area contributed by atoms with Crippen LogP contribution in [0.5, 0.6) is 0 Å². The van der Waals surface area contributed by atoms with Crippen LogP contribution in [-0.4, -0.2) is 19.8 Å². The van der Waals surface area contributed by atoms with Gasteiger partial charge in [0, 0.05) is 19.3 Å². The fraction of sp³-hybridized carbons (Fsp3) is 0.167. The maximum Gasteiger partial charge on any atom is 0.243 e. The first-order chi connectivity index (χ1) is 9.04. The van der Waals surface area contributed by atoms with E-state index in [0.29, 0.717) is 12.2 Å². The predicted octanol–water partition coefficient (Wildman–Crippen LogP) is 1.85. The highest BCUT2D eigenvalue weighted by atomic mass is 32.2. The van der Waals surface area contributed by atoms with Gasteiger partial charge in [-0.1, -0.05) is 0 Å². The monoisotopic (exact) mass is 297 g/mol. The molecule has 0 saturated carbocycles. The number of rotatable bonds is 5. The molecule has 0 aliphatic heterocycles. The van der Waals surface area contributed by atoms with Crippen LogP contribution in [-0.2, 0) is 16.6 Å². The maximum atomic E-state index is 12.3. The molecule has 3 N–H and O–H groups in total. The Labute approximate surface area is 116 Å². The van der Waals surface area contributed by atoms with Crippen molar-refractivity contribution in [3.8, 4) is 0 Å². The third kappa shape index (κ3) is 3.13. The summed E-state index contributed by atoms with van der Waals surface area (Å²) in [6, 6.07) is 8.25. The van der Waals surface area contributed by atoms with E-state index in [9.17, 15) is 8.42 Å². The fourth-order valence-electron chi connectivity index (χ4n) is 1.63. The van der Waals surface area contributed by atoms with E-state index in [1.54, 1.807) is 30.5 Å². The second-order valence-electron chi connectivity index (χ2n) is 4.06. The molecule has 0 saturated heterocycles. The molecular weight excluding hydrogens is 282 g/mol. The van der Waals surface area contributed by atoms with Crippen LogP contribution in [0.2, 0.25) is 0 Å². The molecule has 0 radical (unpaired) electrons. The number of nitrogens with one attached hydrogen (secondary N) is 1. The van der Waals surface area contributed by atoms with Crippen molar-refractivity contribution in [2.45, 2.75) is 11.4 Å². The molecule has 0 amide bonds. The van der Waals surface area contributed by atoms with Gasteiger partial charge in [-0.2, -0.15) is 15.6 Å². The van der Waals surface area contributed by atoms with Gasteiger partial charge < -0.3 is 5.43 Å². The highest BCUT2D eigenvalue weighted by Gasteiger charge is 2.20. The zero-order chi connectivity index (χ0) is 13.9. The van der Waals surface area contributed by atoms with E-state index in [-0.39, 0.29) is 4.90 Å². The molecule has 0 aliphatic rings. The van der Waals surface area contributed by atoms with Crippen molar-refractivity contribution in [2.24, 2.45) is 5.84 Å². The van der Waals surface area contributed by atoms with Crippen molar-refractivity contribution < 1.29 is 8.42 Å². The molecule has 2 aromatic rings. The Bertz CT molecular complexity index is 622. The molecular formula is C12H15N3O2S2. The van der Waals surface area contributed by atoms with Crippen molar-refractivity contribution >= 4 is 27.0 Å². The van der Waals surface area contributed by atoms with Crippen molar-refractivity contribution in [1.29, 1.82) is 0 Å². The Morgan fingerprint density at radius 2 is 1.95 bits per heavy atom. The van der Waals surface area contributed by atoms with Gasteiger partial charge in [0.15, 0.2) is 0 Å². The minimum Gasteiger partial charge on any atom is -0.324 e. The van der Waals surface area contributed by atoms with Crippen molar-refractivity contribution in [3.05, 3.63) is 46.7 Å². The molecule has 7 heteroatoms. The fourth-order valence-corrected chi connectivity index (χ4v) is 3.45. The summed E-state index contributed by atoms with van der Waals surface area (Å²) in [5.74, 6) is 5.25. The van der Waals surface area contributed by atoms with Gasteiger partial charge in [-0.05, 0) is 46.7 Å². The number of anilines is 1. The van der Waals surface area contributed by atoms with Gasteiger partial charge in [0.1, 0.15) is 0 Å². The number of thiophene rings is 1. The molecule has 5 nitrogen and oxygen atoms in total. The van der Waals surface area contributed by atoms with Gasteiger partial charge in [-0.25, -0.2) is 8.42 Å². The number of hydrogen-bond acceptors (Lipinski definition) is 5. The summed E-state index contributed by atoms with van der Waals surface area (Å²) < 4.78 is 26.0. The number of sulfonamides is 1. The lowest BCUT2D eigenvalue weighted by Crippen LogP contribution is -2.26. The Balaban J connectivity index is 2.20. The molecule has 1 aromatic heterocycles. The summed E-state index contributed by atoms with van der Waals surface area (Å²) >= 11 is 1.55. The van der Waals surface area contributed by atoms with Gasteiger partial charge in [0.25, 0.3) is 0 Å². The lowest BCUT2D eigenvalue weighted by atomic mass is 10.3. The minimum atomic E-state index is -3.47. The molecule has 19 heavy (non-hydrogen) atoms. The Kier molecular flexibility index (Phi) is 4.20. The van der Waals surface area contributed by atoms with Crippen LogP contribution >= 0.6 is 11.3 Å². The normalized spacial score (nSPS) is 11.7. The Hall–Kier alpha value is -1.41. The third-order valence-corrected chi connectivity index (χ3v) is 5.26. The summed E-state index contributed by atoms with van der Waals surface area (Å²) in [6.45, 7) is 0.364. The molecule has 0 spiro atoms. The van der Waals surface area contributed by atoms with Crippen LogP contribution in [0, 0.1) is 0 Å². The van der Waals surface area contributed by atoms with E-state index in [0.717, 1.165) is 5.56 Å². The molecule has 1 aromatic carbocycles. The summed E-state index contributed by atoms with van der Waals surface area (Å²) in [4.78, 5) is 0.254. The largest absolute Gasteiger partial charge is 0.324 e. The number of nitrogen functional groups attached to an aromatic ring is 1. The first-order valence-electron chi connectivity index (χ1n) is 5.58. The first-order valence-corrected chi connectivity index (χ1v) is 7.96. The van der Waals surface area contributed by atoms with Crippen LogP contribution in [0.15, 0.2) is 46.0 Å². The van der Waals surface area contributed by atoms with Crippen molar-refractivity contribution in [1.82, 2.24) is 4.31 Å². The topological polar surface area (TPSA) is 75.4 Å². The van der Waals surface area contributed by atoms with Crippen LogP contribution in [0.3, 0.4) is 0 Å². The number of hydrazine groups is 1. The molecule has 2 rings (SSSR count). The maximum absolute atomic E-state index is 12.3. The van der Waals surface area contributed by atoms with E-state index < -0.39 is 10.0 Å². The molecule has 0 fully saturated rings. The van der Waals surface area contributed by atoms with Gasteiger partial charge in [-0.3, -0.25) is 5.84 Å². The van der Waals surface area contributed by atoms with Gasteiger partial charge >= 0.3 is 0 Å². The number of benzene rings is 1. The smallest absolute Gasteiger partial charge is 0.243 e. The number of hydrogen-bond donors (Lipinski definition) is 2. The highest BCUT2D eigenvalue weighted by molar-refractivity contribution is 7.89. The average molecular weight is 297 g/mol. The first kappa shape index (κ1) is 14.0.